The minimum Gasteiger partial charge on any atom is -0.463 e. The normalized spacial score (nSPS) is 15.9. The number of allylic oxidation sites excluding steroid dienone is 1. The molecule has 1 aromatic rings. The lowest BCUT2D eigenvalue weighted by atomic mass is 10.1. The molecular weight excluding hydrogens is 342 g/mol. The van der Waals surface area contributed by atoms with Crippen LogP contribution in [0.25, 0.3) is 6.08 Å². The first-order valence-electron chi connectivity index (χ1n) is 7.68. The van der Waals surface area contributed by atoms with Gasteiger partial charge in [0.2, 0.25) is 0 Å². The maximum atomic E-state index is 12.2. The van der Waals surface area contributed by atoms with E-state index in [0.29, 0.717) is 4.91 Å². The Kier molecular flexibility index (Phi) is 6.71. The third-order valence-electron chi connectivity index (χ3n) is 3.03. The summed E-state index contributed by atoms with van der Waals surface area (Å²) in [5.74, 6) is -1.43. The van der Waals surface area contributed by atoms with Gasteiger partial charge in [-0.3, -0.25) is 4.79 Å². The number of nitrogens with zero attached hydrogens (tertiary/aromatic N) is 1. The number of thioether (sulfide) groups is 1. The molecule has 0 saturated carbocycles. The van der Waals surface area contributed by atoms with Crippen molar-refractivity contribution in [2.24, 2.45) is 4.99 Å². The smallest absolute Gasteiger partial charge is 0.340 e. The van der Waals surface area contributed by atoms with Gasteiger partial charge >= 0.3 is 17.2 Å². The molecule has 130 valence electrons. The van der Waals surface area contributed by atoms with Crippen molar-refractivity contribution in [3.63, 3.8) is 0 Å². The molecular formula is C18H17NO5S. The zero-order valence-electron chi connectivity index (χ0n) is 13.9. The Bertz CT molecular complexity index is 765. The molecule has 0 unspecified atom stereocenters. The highest BCUT2D eigenvalue weighted by Gasteiger charge is 2.30. The minimum atomic E-state index is -0.733. The van der Waals surface area contributed by atoms with Gasteiger partial charge in [0.1, 0.15) is 0 Å². The van der Waals surface area contributed by atoms with Crippen LogP contribution in [0.4, 0.5) is 4.79 Å². The molecule has 1 aromatic carbocycles. The summed E-state index contributed by atoms with van der Waals surface area (Å²) in [6.45, 7) is 3.60. The molecule has 0 bridgehead atoms. The van der Waals surface area contributed by atoms with Gasteiger partial charge in [-0.15, -0.1) is 0 Å². The standard InChI is InChI=1S/C18H17NO5S/c1-3-23-15(20)11-13(17(21)24-4-2)16-14(25-18(22)19-16)10-12-8-6-5-7-9-12/h5-11H,3-4H2,1-2H3/b13-11+,14-10-. The highest BCUT2D eigenvalue weighted by Crippen LogP contribution is 2.32. The lowest BCUT2D eigenvalue weighted by Crippen LogP contribution is -2.18. The van der Waals surface area contributed by atoms with Gasteiger partial charge in [-0.25, -0.2) is 14.6 Å². The summed E-state index contributed by atoms with van der Waals surface area (Å²) in [5, 5.41) is -0.462. The van der Waals surface area contributed by atoms with Crippen molar-refractivity contribution in [1.82, 2.24) is 0 Å². The zero-order valence-corrected chi connectivity index (χ0v) is 14.7. The molecule has 0 spiro atoms. The van der Waals surface area contributed by atoms with Gasteiger partial charge in [0.15, 0.2) is 0 Å². The lowest BCUT2D eigenvalue weighted by molar-refractivity contribution is -0.140. The highest BCUT2D eigenvalue weighted by molar-refractivity contribution is 8.18. The maximum absolute atomic E-state index is 12.2. The van der Waals surface area contributed by atoms with Crippen LogP contribution in [0.2, 0.25) is 0 Å². The minimum absolute atomic E-state index is 0.0965. The van der Waals surface area contributed by atoms with Gasteiger partial charge < -0.3 is 9.47 Å². The Balaban J connectivity index is 2.44. The van der Waals surface area contributed by atoms with Crippen molar-refractivity contribution in [2.45, 2.75) is 13.8 Å². The van der Waals surface area contributed by atoms with E-state index in [0.717, 1.165) is 23.4 Å². The van der Waals surface area contributed by atoms with Crippen LogP contribution in [0.1, 0.15) is 19.4 Å². The first-order chi connectivity index (χ1) is 12.0. The molecule has 0 atom stereocenters. The second kappa shape index (κ2) is 8.98. The van der Waals surface area contributed by atoms with Gasteiger partial charge in [0, 0.05) is 11.0 Å². The Morgan fingerprint density at radius 3 is 2.44 bits per heavy atom. The topological polar surface area (TPSA) is 82.0 Å². The van der Waals surface area contributed by atoms with Gasteiger partial charge in [0.25, 0.3) is 0 Å². The van der Waals surface area contributed by atoms with E-state index >= 15 is 0 Å². The van der Waals surface area contributed by atoms with Crippen molar-refractivity contribution in [1.29, 1.82) is 0 Å². The predicted molar refractivity (Wildman–Crippen MR) is 96.2 cm³/mol. The van der Waals surface area contributed by atoms with Crippen molar-refractivity contribution in [3.05, 3.63) is 52.4 Å². The van der Waals surface area contributed by atoms with E-state index in [9.17, 15) is 14.4 Å². The number of amides is 1. The maximum Gasteiger partial charge on any atom is 0.340 e. The van der Waals surface area contributed by atoms with Gasteiger partial charge in [-0.2, -0.15) is 0 Å². The van der Waals surface area contributed by atoms with Crippen LogP contribution < -0.4 is 0 Å². The van der Waals surface area contributed by atoms with Crippen LogP contribution in [0.15, 0.2) is 51.9 Å². The SMILES string of the molecule is CCOC(=O)/C=C(/C(=O)OCC)C1=NC(=O)S/C1=C\c1ccccc1. The summed E-state index contributed by atoms with van der Waals surface area (Å²) in [6, 6.07) is 9.28. The fraction of sp³-hybridized carbons (Fsp3) is 0.222. The molecule has 1 amide bonds. The molecule has 1 aliphatic rings. The molecule has 7 heteroatoms. The fourth-order valence-electron chi connectivity index (χ4n) is 2.04. The molecule has 0 aromatic heterocycles. The molecule has 0 fully saturated rings. The Labute approximate surface area is 149 Å². The molecule has 0 saturated heterocycles. The summed E-state index contributed by atoms with van der Waals surface area (Å²) in [4.78, 5) is 40.2. The highest BCUT2D eigenvalue weighted by atomic mass is 32.2. The lowest BCUT2D eigenvalue weighted by Gasteiger charge is -2.08. The Morgan fingerprint density at radius 2 is 1.80 bits per heavy atom. The van der Waals surface area contributed by atoms with Crippen LogP contribution in [-0.2, 0) is 19.1 Å². The monoisotopic (exact) mass is 359 g/mol. The number of ether oxygens (including phenoxy) is 2. The zero-order chi connectivity index (χ0) is 18.2. The number of hydrogen-bond acceptors (Lipinski definition) is 6. The molecule has 0 N–H and O–H groups in total. The van der Waals surface area contributed by atoms with E-state index in [1.165, 1.54) is 0 Å². The molecule has 2 rings (SSSR count). The van der Waals surface area contributed by atoms with Gasteiger partial charge in [0.05, 0.1) is 24.5 Å². The molecule has 0 radical (unpaired) electrons. The number of aliphatic imine (C=N–C) groups is 1. The summed E-state index contributed by atoms with van der Waals surface area (Å²) < 4.78 is 9.84. The summed E-state index contributed by atoms with van der Waals surface area (Å²) in [6.07, 6.45) is 2.74. The van der Waals surface area contributed by atoms with Crippen LogP contribution >= 0.6 is 11.8 Å². The second-order valence-corrected chi connectivity index (χ2v) is 5.77. The number of rotatable bonds is 6. The molecule has 6 nitrogen and oxygen atoms in total. The van der Waals surface area contributed by atoms with Gasteiger partial charge in [-0.1, -0.05) is 30.3 Å². The predicted octanol–water partition coefficient (Wildman–Crippen LogP) is 3.39. The third kappa shape index (κ3) is 5.15. The summed E-state index contributed by atoms with van der Waals surface area (Å²) in [7, 11) is 0. The van der Waals surface area contributed by atoms with Gasteiger partial charge in [-0.05, 0) is 37.2 Å². The number of esters is 2. The average Bonchev–Trinajstić information content (AvgIpc) is 2.94. The molecule has 1 heterocycles. The largest absolute Gasteiger partial charge is 0.463 e. The summed E-state index contributed by atoms with van der Waals surface area (Å²) in [5.41, 5.74) is 0.859. The molecule has 1 aliphatic heterocycles. The quantitative estimate of drug-likeness (QED) is 0.572. The van der Waals surface area contributed by atoms with Crippen LogP contribution in [-0.4, -0.2) is 36.1 Å². The summed E-state index contributed by atoms with van der Waals surface area (Å²) >= 11 is 0.891. The van der Waals surface area contributed by atoms with Crippen molar-refractivity contribution < 1.29 is 23.9 Å². The molecule has 25 heavy (non-hydrogen) atoms. The number of carbonyl (C=O) groups is 3. The fourth-order valence-corrected chi connectivity index (χ4v) is 2.81. The van der Waals surface area contributed by atoms with Crippen molar-refractivity contribution in [2.75, 3.05) is 13.2 Å². The first-order valence-corrected chi connectivity index (χ1v) is 8.50. The van der Waals surface area contributed by atoms with Crippen LogP contribution in [0.5, 0.6) is 0 Å². The van der Waals surface area contributed by atoms with E-state index in [2.05, 4.69) is 4.99 Å². The van der Waals surface area contributed by atoms with E-state index in [-0.39, 0.29) is 24.5 Å². The third-order valence-corrected chi connectivity index (χ3v) is 3.83. The number of hydrogen-bond donors (Lipinski definition) is 0. The average molecular weight is 359 g/mol. The first kappa shape index (κ1) is 18.7. The van der Waals surface area contributed by atoms with E-state index in [1.807, 2.05) is 30.3 Å². The van der Waals surface area contributed by atoms with E-state index in [4.69, 9.17) is 9.47 Å². The van der Waals surface area contributed by atoms with Crippen LogP contribution in [0.3, 0.4) is 0 Å². The van der Waals surface area contributed by atoms with Crippen molar-refractivity contribution in [3.8, 4) is 0 Å². The number of benzene rings is 1. The second-order valence-electron chi connectivity index (χ2n) is 4.78. The van der Waals surface area contributed by atoms with Crippen molar-refractivity contribution >= 4 is 40.7 Å². The van der Waals surface area contributed by atoms with Crippen LogP contribution in [0, 0.1) is 0 Å². The van der Waals surface area contributed by atoms with E-state index in [1.54, 1.807) is 19.9 Å². The molecule has 0 aliphatic carbocycles. The Morgan fingerprint density at radius 1 is 1.12 bits per heavy atom. The van der Waals surface area contributed by atoms with E-state index < -0.39 is 17.2 Å². The Hall–Kier alpha value is -2.67. The number of carbonyl (C=O) groups excluding carboxylic acids is 3.